The van der Waals surface area contributed by atoms with E-state index in [2.05, 4.69) is 50.0 Å². The van der Waals surface area contributed by atoms with Crippen molar-refractivity contribution in [3.8, 4) is 11.8 Å². The average molecular weight is 371 g/mol. The Morgan fingerprint density at radius 1 is 0.893 bits per heavy atom. The standard InChI is InChI=1S/C27H27F/c1-3-20-6-8-21(9-7-20)10-13-23-14-15-25-18-24(16-17-26(25)27(23)28)22-11-4-19(2)5-12-22/h6-9,14-19,22H,3-5,11-12H2,1-2H3. The zero-order valence-corrected chi connectivity index (χ0v) is 16.8. The molecule has 1 aliphatic rings. The van der Waals surface area contributed by atoms with Crippen LogP contribution in [-0.4, -0.2) is 0 Å². The summed E-state index contributed by atoms with van der Waals surface area (Å²) in [6.45, 7) is 4.47. The fourth-order valence-corrected chi connectivity index (χ4v) is 4.22. The van der Waals surface area contributed by atoms with E-state index in [9.17, 15) is 0 Å². The second-order valence-electron chi connectivity index (χ2n) is 8.16. The van der Waals surface area contributed by atoms with E-state index in [0.29, 0.717) is 16.9 Å². The molecule has 0 aliphatic heterocycles. The predicted octanol–water partition coefficient (Wildman–Crippen LogP) is 7.23. The Labute approximate surface area is 167 Å². The predicted molar refractivity (Wildman–Crippen MR) is 116 cm³/mol. The lowest BCUT2D eigenvalue weighted by Gasteiger charge is -2.26. The van der Waals surface area contributed by atoms with Gasteiger partial charge in [0.05, 0.1) is 5.56 Å². The topological polar surface area (TPSA) is 0 Å². The van der Waals surface area contributed by atoms with Crippen molar-refractivity contribution in [2.45, 2.75) is 51.9 Å². The summed E-state index contributed by atoms with van der Waals surface area (Å²) in [5.74, 6) is 7.36. The molecule has 0 radical (unpaired) electrons. The number of fused-ring (bicyclic) bond motifs is 1. The van der Waals surface area contributed by atoms with Crippen LogP contribution in [0.5, 0.6) is 0 Å². The third kappa shape index (κ3) is 3.97. The van der Waals surface area contributed by atoms with Crippen LogP contribution in [0.2, 0.25) is 0 Å². The van der Waals surface area contributed by atoms with Gasteiger partial charge in [-0.05, 0) is 65.8 Å². The molecule has 28 heavy (non-hydrogen) atoms. The first kappa shape index (κ1) is 18.8. The maximum Gasteiger partial charge on any atom is 0.146 e. The highest BCUT2D eigenvalue weighted by Gasteiger charge is 2.20. The number of rotatable bonds is 2. The van der Waals surface area contributed by atoms with Crippen LogP contribution in [0.15, 0.2) is 54.6 Å². The highest BCUT2D eigenvalue weighted by molar-refractivity contribution is 5.85. The van der Waals surface area contributed by atoms with E-state index in [4.69, 9.17) is 0 Å². The van der Waals surface area contributed by atoms with Crippen molar-refractivity contribution < 1.29 is 4.39 Å². The van der Waals surface area contributed by atoms with Gasteiger partial charge in [-0.15, -0.1) is 0 Å². The minimum Gasteiger partial charge on any atom is -0.205 e. The molecule has 0 N–H and O–H groups in total. The van der Waals surface area contributed by atoms with Gasteiger partial charge >= 0.3 is 0 Å². The molecule has 4 rings (SSSR count). The Morgan fingerprint density at radius 3 is 2.36 bits per heavy atom. The second-order valence-corrected chi connectivity index (χ2v) is 8.16. The number of aryl methyl sites for hydroxylation is 1. The van der Waals surface area contributed by atoms with Gasteiger partial charge in [-0.1, -0.05) is 74.9 Å². The van der Waals surface area contributed by atoms with Crippen LogP contribution in [0.4, 0.5) is 4.39 Å². The van der Waals surface area contributed by atoms with Gasteiger partial charge in [0, 0.05) is 10.9 Å². The molecular weight excluding hydrogens is 343 g/mol. The molecule has 1 fully saturated rings. The van der Waals surface area contributed by atoms with Gasteiger partial charge in [0.1, 0.15) is 5.82 Å². The summed E-state index contributed by atoms with van der Waals surface area (Å²) in [4.78, 5) is 0. The van der Waals surface area contributed by atoms with Crippen LogP contribution in [0, 0.1) is 23.6 Å². The quantitative estimate of drug-likeness (QED) is 0.417. The highest BCUT2D eigenvalue weighted by Crippen LogP contribution is 2.36. The summed E-state index contributed by atoms with van der Waals surface area (Å²) in [5, 5.41) is 1.65. The zero-order chi connectivity index (χ0) is 19.5. The summed E-state index contributed by atoms with van der Waals surface area (Å²) in [6.07, 6.45) is 6.09. The molecule has 1 saturated carbocycles. The van der Waals surface area contributed by atoms with Gasteiger partial charge in [-0.3, -0.25) is 0 Å². The molecule has 142 valence electrons. The van der Waals surface area contributed by atoms with Gasteiger partial charge in [0.25, 0.3) is 0 Å². The average Bonchev–Trinajstić information content (AvgIpc) is 2.74. The van der Waals surface area contributed by atoms with E-state index in [1.54, 1.807) is 0 Å². The fourth-order valence-electron chi connectivity index (χ4n) is 4.22. The number of halogens is 1. The third-order valence-corrected chi connectivity index (χ3v) is 6.17. The first-order valence-corrected chi connectivity index (χ1v) is 10.5. The molecule has 0 heterocycles. The van der Waals surface area contributed by atoms with Gasteiger partial charge in [-0.25, -0.2) is 4.39 Å². The molecular formula is C27H27F. The van der Waals surface area contributed by atoms with Gasteiger partial charge in [-0.2, -0.15) is 0 Å². The van der Waals surface area contributed by atoms with Crippen molar-refractivity contribution in [3.05, 3.63) is 82.7 Å². The maximum atomic E-state index is 15.0. The van der Waals surface area contributed by atoms with Crippen LogP contribution in [0.3, 0.4) is 0 Å². The summed E-state index contributed by atoms with van der Waals surface area (Å²) in [5.41, 5.74) is 4.02. The van der Waals surface area contributed by atoms with Crippen LogP contribution >= 0.6 is 0 Å². The molecule has 0 spiro atoms. The molecule has 3 aromatic carbocycles. The Bertz CT molecular complexity index is 1030. The number of hydrogen-bond acceptors (Lipinski definition) is 0. The van der Waals surface area contributed by atoms with Crippen molar-refractivity contribution >= 4 is 10.8 Å². The molecule has 0 aromatic heterocycles. The number of benzene rings is 3. The third-order valence-electron chi connectivity index (χ3n) is 6.17. The van der Waals surface area contributed by atoms with Crippen molar-refractivity contribution in [1.82, 2.24) is 0 Å². The Morgan fingerprint density at radius 2 is 1.64 bits per heavy atom. The molecule has 0 amide bonds. The molecule has 0 saturated heterocycles. The van der Waals surface area contributed by atoms with Crippen LogP contribution < -0.4 is 0 Å². The first-order valence-electron chi connectivity index (χ1n) is 10.5. The van der Waals surface area contributed by atoms with Crippen molar-refractivity contribution in [2.75, 3.05) is 0 Å². The Kier molecular flexibility index (Phi) is 5.49. The van der Waals surface area contributed by atoms with Gasteiger partial charge in [0.2, 0.25) is 0 Å². The minimum atomic E-state index is -0.209. The molecule has 0 bridgehead atoms. The Balaban J connectivity index is 1.60. The summed E-state index contributed by atoms with van der Waals surface area (Å²) < 4.78 is 15.0. The summed E-state index contributed by atoms with van der Waals surface area (Å²) >= 11 is 0. The summed E-state index contributed by atoms with van der Waals surface area (Å²) in [6, 6.07) is 18.2. The van der Waals surface area contributed by atoms with Gasteiger partial charge in [0.15, 0.2) is 0 Å². The van der Waals surface area contributed by atoms with Gasteiger partial charge < -0.3 is 0 Å². The molecule has 1 heteroatoms. The molecule has 0 nitrogen and oxygen atoms in total. The smallest absolute Gasteiger partial charge is 0.146 e. The normalized spacial score (nSPS) is 19.2. The molecule has 1 aliphatic carbocycles. The summed E-state index contributed by atoms with van der Waals surface area (Å²) in [7, 11) is 0. The van der Waals surface area contributed by atoms with E-state index in [1.807, 2.05) is 30.3 Å². The van der Waals surface area contributed by atoms with E-state index in [1.165, 1.54) is 36.8 Å². The minimum absolute atomic E-state index is 0.209. The highest BCUT2D eigenvalue weighted by atomic mass is 19.1. The largest absolute Gasteiger partial charge is 0.205 e. The van der Waals surface area contributed by atoms with Crippen LogP contribution in [0.25, 0.3) is 10.8 Å². The zero-order valence-electron chi connectivity index (χ0n) is 16.8. The lowest BCUT2D eigenvalue weighted by Crippen LogP contribution is -2.10. The van der Waals surface area contributed by atoms with Crippen LogP contribution in [-0.2, 0) is 6.42 Å². The van der Waals surface area contributed by atoms with E-state index >= 15 is 4.39 Å². The van der Waals surface area contributed by atoms with Crippen molar-refractivity contribution in [3.63, 3.8) is 0 Å². The molecule has 3 aromatic rings. The lowest BCUT2D eigenvalue weighted by molar-refractivity contribution is 0.348. The number of hydrogen-bond donors (Lipinski definition) is 0. The second kappa shape index (κ2) is 8.19. The van der Waals surface area contributed by atoms with E-state index < -0.39 is 0 Å². The maximum absolute atomic E-state index is 15.0. The monoisotopic (exact) mass is 370 g/mol. The van der Waals surface area contributed by atoms with Crippen LogP contribution in [0.1, 0.15) is 67.7 Å². The lowest BCUT2D eigenvalue weighted by atomic mass is 9.79. The van der Waals surface area contributed by atoms with Crippen molar-refractivity contribution in [2.24, 2.45) is 5.92 Å². The molecule has 0 atom stereocenters. The van der Waals surface area contributed by atoms with E-state index in [-0.39, 0.29) is 5.82 Å². The molecule has 0 unspecified atom stereocenters. The SMILES string of the molecule is CCc1ccc(C#Cc2ccc3cc(C4CCC(C)CC4)ccc3c2F)cc1. The first-order chi connectivity index (χ1) is 13.6. The Hall–Kier alpha value is -2.59. The van der Waals surface area contributed by atoms with Crippen molar-refractivity contribution in [1.29, 1.82) is 0 Å². The fraction of sp³-hybridized carbons (Fsp3) is 0.333. The van der Waals surface area contributed by atoms with E-state index in [0.717, 1.165) is 23.3 Å².